The summed E-state index contributed by atoms with van der Waals surface area (Å²) in [5.74, 6) is 0. The Hall–Kier alpha value is -0.890. The Balaban J connectivity index is 2.51. The van der Waals surface area contributed by atoms with Gasteiger partial charge >= 0.3 is 0 Å². The van der Waals surface area contributed by atoms with E-state index in [4.69, 9.17) is 0 Å². The van der Waals surface area contributed by atoms with Crippen molar-refractivity contribution in [2.75, 3.05) is 19.6 Å². The molecule has 90 valence electrons. The predicted molar refractivity (Wildman–Crippen MR) is 72.0 cm³/mol. The van der Waals surface area contributed by atoms with Crippen LogP contribution in [0.2, 0.25) is 0 Å². The maximum atomic E-state index is 4.56. The topological polar surface area (TPSA) is 15.6 Å². The van der Waals surface area contributed by atoms with Crippen LogP contribution in [0.15, 0.2) is 28.4 Å². The largest absolute Gasteiger partial charge is 0.297 e. The molecule has 1 rings (SSSR count). The fraction of sp³-hybridized carbons (Fsp3) is 0.643. The molecule has 2 nitrogen and oxygen atoms in total. The fourth-order valence-corrected chi connectivity index (χ4v) is 1.77. The van der Waals surface area contributed by atoms with Crippen LogP contribution in [0.4, 0.5) is 0 Å². The third-order valence-electron chi connectivity index (χ3n) is 3.02. The first-order valence-electron chi connectivity index (χ1n) is 6.38. The summed E-state index contributed by atoms with van der Waals surface area (Å²) in [6.07, 6.45) is 9.70. The van der Waals surface area contributed by atoms with Crippen molar-refractivity contribution in [3.05, 3.63) is 23.4 Å². The van der Waals surface area contributed by atoms with Crippen LogP contribution in [-0.2, 0) is 0 Å². The minimum Gasteiger partial charge on any atom is -0.297 e. The molecule has 0 atom stereocenters. The van der Waals surface area contributed by atoms with Gasteiger partial charge in [-0.1, -0.05) is 26.3 Å². The highest BCUT2D eigenvalue weighted by molar-refractivity contribution is 5.72. The molecule has 0 aromatic heterocycles. The zero-order chi connectivity index (χ0) is 11.8. The first kappa shape index (κ1) is 13.2. The molecule has 0 N–H and O–H groups in total. The van der Waals surface area contributed by atoms with Crippen LogP contribution < -0.4 is 0 Å². The zero-order valence-corrected chi connectivity index (χ0v) is 10.9. The number of nitrogens with zero attached hydrogens (tertiary/aromatic N) is 2. The standard InChI is InChI=1S/C14H24N2/c1-4-6-7-8-10-15-14-12-16(5-2)11-9-13(14)3/h7-8,10H,4-6,9,11-12H2,1-3H3/b8-7+,15-10-. The van der Waals surface area contributed by atoms with Gasteiger partial charge in [0, 0.05) is 19.3 Å². The van der Waals surface area contributed by atoms with Crippen molar-refractivity contribution in [3.63, 3.8) is 0 Å². The van der Waals surface area contributed by atoms with Crippen LogP contribution in [0.1, 0.15) is 40.0 Å². The molecule has 0 saturated heterocycles. The molecule has 0 amide bonds. The van der Waals surface area contributed by atoms with Crippen LogP contribution in [0.25, 0.3) is 0 Å². The van der Waals surface area contributed by atoms with Gasteiger partial charge in [-0.25, -0.2) is 0 Å². The van der Waals surface area contributed by atoms with Gasteiger partial charge in [0.15, 0.2) is 0 Å². The van der Waals surface area contributed by atoms with Crippen molar-refractivity contribution in [2.45, 2.75) is 40.0 Å². The smallest absolute Gasteiger partial charge is 0.0533 e. The summed E-state index contributed by atoms with van der Waals surface area (Å²) in [6.45, 7) is 9.93. The Bertz CT molecular complexity index is 287. The van der Waals surface area contributed by atoms with Crippen LogP contribution in [0.3, 0.4) is 0 Å². The molecule has 1 aliphatic heterocycles. The first-order valence-corrected chi connectivity index (χ1v) is 6.38. The van der Waals surface area contributed by atoms with Crippen molar-refractivity contribution in [1.29, 1.82) is 0 Å². The molecule has 1 heterocycles. The van der Waals surface area contributed by atoms with Gasteiger partial charge in [-0.2, -0.15) is 0 Å². The second kappa shape index (κ2) is 7.39. The predicted octanol–water partition coefficient (Wildman–Crippen LogP) is 3.41. The Morgan fingerprint density at radius 3 is 2.88 bits per heavy atom. The van der Waals surface area contributed by atoms with Crippen molar-refractivity contribution >= 4 is 6.21 Å². The molecule has 16 heavy (non-hydrogen) atoms. The normalized spacial score (nSPS) is 19.2. The molecule has 0 saturated carbocycles. The van der Waals surface area contributed by atoms with E-state index < -0.39 is 0 Å². The highest BCUT2D eigenvalue weighted by atomic mass is 15.1. The van der Waals surface area contributed by atoms with E-state index in [1.54, 1.807) is 0 Å². The second-order valence-corrected chi connectivity index (χ2v) is 4.34. The highest BCUT2D eigenvalue weighted by Crippen LogP contribution is 2.17. The van der Waals surface area contributed by atoms with E-state index in [9.17, 15) is 0 Å². The van der Waals surface area contributed by atoms with Crippen LogP contribution >= 0.6 is 0 Å². The van der Waals surface area contributed by atoms with Crippen molar-refractivity contribution < 1.29 is 0 Å². The monoisotopic (exact) mass is 220 g/mol. The van der Waals surface area contributed by atoms with E-state index in [-0.39, 0.29) is 0 Å². The lowest BCUT2D eigenvalue weighted by atomic mass is 10.1. The lowest BCUT2D eigenvalue weighted by molar-refractivity contribution is 0.299. The number of hydrogen-bond acceptors (Lipinski definition) is 2. The van der Waals surface area contributed by atoms with Gasteiger partial charge in [0.05, 0.1) is 5.70 Å². The quantitative estimate of drug-likeness (QED) is 0.648. The third kappa shape index (κ3) is 4.31. The van der Waals surface area contributed by atoms with Gasteiger partial charge in [0.2, 0.25) is 0 Å². The molecule has 0 aliphatic carbocycles. The van der Waals surface area contributed by atoms with Crippen molar-refractivity contribution in [2.24, 2.45) is 4.99 Å². The molecule has 0 spiro atoms. The average molecular weight is 220 g/mol. The summed E-state index contributed by atoms with van der Waals surface area (Å²) in [7, 11) is 0. The summed E-state index contributed by atoms with van der Waals surface area (Å²) < 4.78 is 0. The molecule has 0 unspecified atom stereocenters. The number of likely N-dealkylation sites (N-methyl/N-ethyl adjacent to an activating group) is 1. The van der Waals surface area contributed by atoms with Crippen LogP contribution in [-0.4, -0.2) is 30.7 Å². The van der Waals surface area contributed by atoms with Gasteiger partial charge in [0.1, 0.15) is 0 Å². The van der Waals surface area contributed by atoms with Gasteiger partial charge in [-0.3, -0.25) is 9.89 Å². The average Bonchev–Trinajstić information content (AvgIpc) is 2.31. The Kier molecular flexibility index (Phi) is 6.09. The second-order valence-electron chi connectivity index (χ2n) is 4.34. The summed E-state index contributed by atoms with van der Waals surface area (Å²) >= 11 is 0. The number of hydrogen-bond donors (Lipinski definition) is 0. The number of aliphatic imine (C=N–C) groups is 1. The van der Waals surface area contributed by atoms with E-state index in [1.165, 1.54) is 30.7 Å². The van der Waals surface area contributed by atoms with Crippen LogP contribution in [0.5, 0.6) is 0 Å². The molecule has 0 radical (unpaired) electrons. The van der Waals surface area contributed by atoms with E-state index in [2.05, 4.69) is 42.8 Å². The van der Waals surface area contributed by atoms with Gasteiger partial charge in [0.25, 0.3) is 0 Å². The van der Waals surface area contributed by atoms with E-state index >= 15 is 0 Å². The minimum absolute atomic E-state index is 1.01. The fourth-order valence-electron chi connectivity index (χ4n) is 1.77. The van der Waals surface area contributed by atoms with Crippen molar-refractivity contribution in [3.8, 4) is 0 Å². The lowest BCUT2D eigenvalue weighted by Crippen LogP contribution is -2.30. The van der Waals surface area contributed by atoms with Gasteiger partial charge in [-0.15, -0.1) is 0 Å². The SMILES string of the molecule is CCC/C=C/C=N\C1=C(C)CCN(CC)C1. The molecular weight excluding hydrogens is 196 g/mol. The Morgan fingerprint density at radius 2 is 2.19 bits per heavy atom. The lowest BCUT2D eigenvalue weighted by Gasteiger charge is -2.26. The summed E-state index contributed by atoms with van der Waals surface area (Å²) in [4.78, 5) is 7.00. The molecule has 0 bridgehead atoms. The van der Waals surface area contributed by atoms with Crippen LogP contribution in [0, 0.1) is 0 Å². The summed E-state index contributed by atoms with van der Waals surface area (Å²) in [5.41, 5.74) is 2.71. The molecule has 0 fully saturated rings. The summed E-state index contributed by atoms with van der Waals surface area (Å²) in [6, 6.07) is 0. The number of rotatable bonds is 5. The van der Waals surface area contributed by atoms with E-state index in [0.29, 0.717) is 0 Å². The molecule has 0 aromatic carbocycles. The van der Waals surface area contributed by atoms with Gasteiger partial charge < -0.3 is 0 Å². The Labute approximate surface area is 99.8 Å². The Morgan fingerprint density at radius 1 is 1.38 bits per heavy atom. The highest BCUT2D eigenvalue weighted by Gasteiger charge is 2.13. The third-order valence-corrected chi connectivity index (χ3v) is 3.02. The number of unbranched alkanes of at least 4 members (excludes halogenated alkanes) is 1. The minimum atomic E-state index is 1.01. The first-order chi connectivity index (χ1) is 7.77. The molecule has 2 heteroatoms. The molecular formula is C14H24N2. The van der Waals surface area contributed by atoms with Gasteiger partial charge in [-0.05, 0) is 38.0 Å². The number of allylic oxidation sites excluding steroid dienone is 2. The summed E-state index contributed by atoms with van der Waals surface area (Å²) in [5, 5.41) is 0. The van der Waals surface area contributed by atoms with E-state index in [0.717, 1.165) is 19.5 Å². The maximum absolute atomic E-state index is 4.56. The van der Waals surface area contributed by atoms with Crippen molar-refractivity contribution in [1.82, 2.24) is 4.90 Å². The maximum Gasteiger partial charge on any atom is 0.0533 e. The zero-order valence-electron chi connectivity index (χ0n) is 10.9. The molecule has 0 aromatic rings. The van der Waals surface area contributed by atoms with E-state index in [1.807, 2.05) is 6.21 Å². The molecule has 1 aliphatic rings.